The monoisotopic (exact) mass is 610 g/mol. The van der Waals surface area contributed by atoms with Crippen molar-refractivity contribution in [3.8, 4) is 33.4 Å². The third-order valence-corrected chi connectivity index (χ3v) is 8.87. The van der Waals surface area contributed by atoms with Crippen LogP contribution in [0.15, 0.2) is 174 Å². The lowest BCUT2D eigenvalue weighted by Gasteiger charge is -2.20. The van der Waals surface area contributed by atoms with Gasteiger partial charge in [0.2, 0.25) is 0 Å². The molecule has 10 rings (SSSR count). The molecule has 0 saturated carbocycles. The molecular formula is C46H28O. The number of furan rings is 1. The summed E-state index contributed by atoms with van der Waals surface area (Å²) in [5, 5.41) is 3.26. The number of para-hydroxylation sites is 1. The summed E-state index contributed by atoms with van der Waals surface area (Å²) in [6.07, 6.45) is 0. The third-order valence-electron chi connectivity index (χ3n) is 8.87. The van der Waals surface area contributed by atoms with Gasteiger partial charge in [-0.25, -0.2) is 0 Å². The molecule has 10 aromatic rings. The van der Waals surface area contributed by atoms with E-state index in [2.05, 4.69) is 0 Å². The quantitative estimate of drug-likeness (QED) is 0.143. The Morgan fingerprint density at radius 2 is 0.979 bits per heavy atom. The van der Waals surface area contributed by atoms with Crippen LogP contribution in [0.1, 0.15) is 19.2 Å². The molecule has 218 valence electrons. The standard InChI is InChI=1S/C46H28O/c1-2-13-29(14-3-1)32-27-28-41(45-40-21-10-11-24-42(40)47-46(32)45)44-38-19-8-6-17-36(38)43(37-18-7-9-20-39(37)44)35-23-12-22-33-31-16-5-4-15-30(31)25-26-34(33)35/h1-28H/i1D,2D,3D,4D,5D,12D,13D,14D,15D,16D,22D,23D,25D,26D. The molecule has 1 aromatic heterocycles. The Labute approximate surface area is 291 Å². The van der Waals surface area contributed by atoms with E-state index in [4.69, 9.17) is 20.9 Å². The molecule has 0 aliphatic heterocycles. The Bertz CT molecular complexity index is 3560. The zero-order valence-corrected chi connectivity index (χ0v) is 24.5. The molecule has 0 fully saturated rings. The average Bonchev–Trinajstić information content (AvgIpc) is 3.66. The highest BCUT2D eigenvalue weighted by molar-refractivity contribution is 6.28. The van der Waals surface area contributed by atoms with Gasteiger partial charge in [-0.15, -0.1) is 0 Å². The lowest BCUT2D eigenvalue weighted by molar-refractivity contribution is 0.670. The van der Waals surface area contributed by atoms with Gasteiger partial charge in [-0.3, -0.25) is 0 Å². The zero-order valence-electron chi connectivity index (χ0n) is 38.5. The topological polar surface area (TPSA) is 13.1 Å². The summed E-state index contributed by atoms with van der Waals surface area (Å²) in [6, 6.07) is 18.9. The van der Waals surface area contributed by atoms with E-state index in [9.17, 15) is 2.74 Å². The van der Waals surface area contributed by atoms with Gasteiger partial charge in [0.15, 0.2) is 0 Å². The average molecular weight is 611 g/mol. The molecule has 0 bridgehead atoms. The van der Waals surface area contributed by atoms with E-state index in [1.807, 2.05) is 72.8 Å². The predicted octanol–water partition coefficient (Wildman–Crippen LogP) is 13.2. The van der Waals surface area contributed by atoms with Crippen LogP contribution < -0.4 is 0 Å². The Kier molecular flexibility index (Phi) is 3.44. The molecule has 0 amide bonds. The molecule has 0 aliphatic rings. The van der Waals surface area contributed by atoms with Gasteiger partial charge in [-0.2, -0.15) is 0 Å². The van der Waals surface area contributed by atoms with Crippen molar-refractivity contribution in [2.75, 3.05) is 0 Å². The molecule has 0 atom stereocenters. The minimum absolute atomic E-state index is 0.0112. The molecular weight excluding hydrogens is 569 g/mol. The Morgan fingerprint density at radius 3 is 1.72 bits per heavy atom. The molecule has 0 saturated heterocycles. The minimum atomic E-state index is -0.590. The molecule has 9 aromatic carbocycles. The van der Waals surface area contributed by atoms with Crippen molar-refractivity contribution in [2.24, 2.45) is 0 Å². The second kappa shape index (κ2) is 10.2. The van der Waals surface area contributed by atoms with E-state index in [0.29, 0.717) is 60.2 Å². The number of rotatable bonds is 3. The van der Waals surface area contributed by atoms with Crippen LogP contribution in [0.3, 0.4) is 0 Å². The lowest BCUT2D eigenvalue weighted by Crippen LogP contribution is -1.92. The molecule has 47 heavy (non-hydrogen) atoms. The first-order chi connectivity index (χ1) is 29.2. The van der Waals surface area contributed by atoms with E-state index < -0.39 is 66.5 Å². The highest BCUT2D eigenvalue weighted by atomic mass is 16.3. The maximum Gasteiger partial charge on any atom is 0.143 e. The van der Waals surface area contributed by atoms with Gasteiger partial charge in [0.1, 0.15) is 11.2 Å². The molecule has 1 heterocycles. The first kappa shape index (κ1) is 15.9. The van der Waals surface area contributed by atoms with Crippen molar-refractivity contribution >= 4 is 65.0 Å². The second-order valence-corrected chi connectivity index (χ2v) is 11.3. The van der Waals surface area contributed by atoms with Gasteiger partial charge in [-0.1, -0.05) is 157 Å². The van der Waals surface area contributed by atoms with Gasteiger partial charge >= 0.3 is 0 Å². The lowest BCUT2D eigenvalue weighted by atomic mass is 9.83. The molecule has 0 unspecified atom stereocenters. The van der Waals surface area contributed by atoms with Crippen LogP contribution in [0.2, 0.25) is 0 Å². The van der Waals surface area contributed by atoms with Crippen molar-refractivity contribution in [2.45, 2.75) is 0 Å². The maximum atomic E-state index is 9.45. The highest BCUT2D eigenvalue weighted by Crippen LogP contribution is 2.49. The van der Waals surface area contributed by atoms with Crippen LogP contribution in [0, 0.1) is 0 Å². The fraction of sp³-hybridized carbons (Fsp3) is 0. The highest BCUT2D eigenvalue weighted by Gasteiger charge is 2.22. The zero-order chi connectivity index (χ0) is 43.1. The van der Waals surface area contributed by atoms with E-state index in [1.54, 1.807) is 12.1 Å². The number of fused-ring (bicyclic) bond motifs is 8. The summed E-state index contributed by atoms with van der Waals surface area (Å²) in [7, 11) is 0. The normalized spacial score (nSPS) is 16.0. The number of hydrogen-bond acceptors (Lipinski definition) is 1. The fourth-order valence-electron chi connectivity index (χ4n) is 6.93. The van der Waals surface area contributed by atoms with Gasteiger partial charge in [-0.05, 0) is 83.0 Å². The maximum absolute atomic E-state index is 9.45. The van der Waals surface area contributed by atoms with Gasteiger partial charge in [0.05, 0.1) is 19.2 Å². The largest absolute Gasteiger partial charge is 0.455 e. The second-order valence-electron chi connectivity index (χ2n) is 11.3. The van der Waals surface area contributed by atoms with Gasteiger partial charge in [0, 0.05) is 16.3 Å². The summed E-state index contributed by atoms with van der Waals surface area (Å²) < 4.78 is 130. The molecule has 0 N–H and O–H groups in total. The smallest absolute Gasteiger partial charge is 0.143 e. The summed E-state index contributed by atoms with van der Waals surface area (Å²) in [5.41, 5.74) is 3.01. The minimum Gasteiger partial charge on any atom is -0.455 e. The Balaban J connectivity index is 1.39. The van der Waals surface area contributed by atoms with Crippen LogP contribution >= 0.6 is 0 Å². The van der Waals surface area contributed by atoms with Gasteiger partial charge < -0.3 is 4.42 Å². The van der Waals surface area contributed by atoms with Crippen molar-refractivity contribution in [3.05, 3.63) is 170 Å². The predicted molar refractivity (Wildman–Crippen MR) is 200 cm³/mol. The molecule has 0 aliphatic carbocycles. The van der Waals surface area contributed by atoms with Crippen molar-refractivity contribution in [1.29, 1.82) is 0 Å². The van der Waals surface area contributed by atoms with E-state index >= 15 is 0 Å². The van der Waals surface area contributed by atoms with E-state index in [1.165, 1.54) is 0 Å². The first-order valence-electron chi connectivity index (χ1n) is 22.1. The van der Waals surface area contributed by atoms with Crippen molar-refractivity contribution in [1.82, 2.24) is 0 Å². The van der Waals surface area contributed by atoms with Crippen LogP contribution in [-0.4, -0.2) is 0 Å². The summed E-state index contributed by atoms with van der Waals surface area (Å²) in [6.45, 7) is 0. The Hall–Kier alpha value is -6.18. The van der Waals surface area contributed by atoms with Crippen molar-refractivity contribution < 1.29 is 23.6 Å². The number of benzene rings is 9. The SMILES string of the molecule is [2H]c1c([2H])c([2H])c(-c2ccc(-c3c4ccccc4c(-c4c([2H])c([2H])c([2H])c5c4c([2H])c([2H])c4c([2H])c([2H])c([2H])c([2H])c45)c4ccccc34)c3c2oc2ccccc23)c([2H])c1[2H]. The van der Waals surface area contributed by atoms with Crippen LogP contribution in [0.4, 0.5) is 0 Å². The van der Waals surface area contributed by atoms with Crippen LogP contribution in [0.5, 0.6) is 0 Å². The Morgan fingerprint density at radius 1 is 0.383 bits per heavy atom. The summed E-state index contributed by atoms with van der Waals surface area (Å²) >= 11 is 0. The van der Waals surface area contributed by atoms with Gasteiger partial charge in [0.25, 0.3) is 0 Å². The van der Waals surface area contributed by atoms with Crippen molar-refractivity contribution in [3.63, 3.8) is 0 Å². The molecule has 1 nitrogen and oxygen atoms in total. The fourth-order valence-corrected chi connectivity index (χ4v) is 6.93. The third kappa shape index (κ3) is 3.84. The van der Waals surface area contributed by atoms with E-state index in [-0.39, 0.29) is 50.8 Å². The molecule has 0 radical (unpaired) electrons. The molecule has 0 spiro atoms. The number of hydrogen-bond donors (Lipinski definition) is 0. The van der Waals surface area contributed by atoms with E-state index in [0.717, 1.165) is 5.56 Å². The summed E-state index contributed by atoms with van der Waals surface area (Å²) in [5.74, 6) is 0. The van der Waals surface area contributed by atoms with Crippen LogP contribution in [-0.2, 0) is 0 Å². The van der Waals surface area contributed by atoms with Crippen LogP contribution in [0.25, 0.3) is 98.4 Å². The first-order valence-corrected chi connectivity index (χ1v) is 15.1. The summed E-state index contributed by atoms with van der Waals surface area (Å²) in [4.78, 5) is 0. The molecule has 1 heteroatoms.